The molecule has 9 heteroatoms. The molecule has 1 aromatic heterocycles. The molecule has 1 N–H and O–H groups in total. The van der Waals surface area contributed by atoms with Crippen molar-refractivity contribution in [2.45, 2.75) is 45.1 Å². The molecule has 25 heavy (non-hydrogen) atoms. The largest absolute Gasteiger partial charge is 0.461 e. The van der Waals surface area contributed by atoms with Crippen molar-refractivity contribution in [1.29, 1.82) is 0 Å². The summed E-state index contributed by atoms with van der Waals surface area (Å²) in [5, 5.41) is 6.52. The van der Waals surface area contributed by atoms with Crippen LogP contribution in [0, 0.1) is 5.92 Å². The molecule has 8 nitrogen and oxygen atoms in total. The Balaban J connectivity index is 1.51. The van der Waals surface area contributed by atoms with E-state index in [1.165, 1.54) is 19.3 Å². The average Bonchev–Trinajstić information content (AvgIpc) is 3.08. The van der Waals surface area contributed by atoms with Crippen LogP contribution >= 0.6 is 11.5 Å². The minimum atomic E-state index is -0.600. The highest BCUT2D eigenvalue weighted by atomic mass is 32.1. The molecule has 0 unspecified atom stereocenters. The second-order valence-corrected chi connectivity index (χ2v) is 7.15. The zero-order chi connectivity index (χ0) is 17.6. The number of ether oxygens (including phenoxy) is 2. The molecule has 0 aliphatic carbocycles. The number of hydrogen-bond acceptors (Lipinski definition) is 8. The van der Waals surface area contributed by atoms with E-state index in [9.17, 15) is 9.59 Å². The van der Waals surface area contributed by atoms with Crippen LogP contribution in [0.1, 0.15) is 49.5 Å². The molecule has 2 fully saturated rings. The van der Waals surface area contributed by atoms with E-state index in [-0.39, 0.29) is 17.3 Å². The van der Waals surface area contributed by atoms with Crippen LogP contribution in [0.3, 0.4) is 0 Å². The van der Waals surface area contributed by atoms with E-state index < -0.39 is 12.1 Å². The zero-order valence-electron chi connectivity index (χ0n) is 14.4. The molecule has 2 aliphatic rings. The monoisotopic (exact) mass is 368 g/mol. The molecule has 1 amide bonds. The van der Waals surface area contributed by atoms with Gasteiger partial charge in [-0.3, -0.25) is 10.2 Å². The van der Waals surface area contributed by atoms with E-state index >= 15 is 0 Å². The van der Waals surface area contributed by atoms with Gasteiger partial charge in [-0.25, -0.2) is 9.59 Å². The van der Waals surface area contributed by atoms with Gasteiger partial charge >= 0.3 is 12.1 Å². The highest BCUT2D eigenvalue weighted by molar-refractivity contribution is 7.10. The summed E-state index contributed by atoms with van der Waals surface area (Å²) >= 11 is 0.930. The van der Waals surface area contributed by atoms with Crippen molar-refractivity contribution in [2.75, 3.05) is 31.6 Å². The number of rotatable bonds is 5. The smallest absolute Gasteiger partial charge is 0.412 e. The lowest BCUT2D eigenvalue weighted by atomic mass is 9.84. The maximum absolute atomic E-state index is 12.1. The SMILES string of the molecule is CCOC(=O)c1nnsc1NC(=O)OC[C@H]1CCCN2CCCC[C@@H]12. The molecule has 0 saturated carbocycles. The van der Waals surface area contributed by atoms with Gasteiger partial charge in [-0.05, 0) is 45.7 Å². The van der Waals surface area contributed by atoms with E-state index in [1.807, 2.05) is 0 Å². The molecular formula is C16H24N4O4S. The summed E-state index contributed by atoms with van der Waals surface area (Å²) in [6.45, 7) is 4.65. The third kappa shape index (κ3) is 4.46. The lowest BCUT2D eigenvalue weighted by Crippen LogP contribution is -2.49. The molecule has 1 aromatic rings. The van der Waals surface area contributed by atoms with Crippen LogP contribution in [0.25, 0.3) is 0 Å². The van der Waals surface area contributed by atoms with Gasteiger partial charge in [-0.2, -0.15) is 0 Å². The predicted octanol–water partition coefficient (Wildman–Crippen LogP) is 2.53. The zero-order valence-corrected chi connectivity index (χ0v) is 15.2. The quantitative estimate of drug-likeness (QED) is 0.798. The number of nitrogens with zero attached hydrogens (tertiary/aromatic N) is 3. The first-order valence-electron chi connectivity index (χ1n) is 8.86. The number of carbonyl (C=O) groups is 2. The van der Waals surface area contributed by atoms with Crippen molar-refractivity contribution in [3.8, 4) is 0 Å². The fourth-order valence-corrected chi connectivity index (χ4v) is 4.23. The predicted molar refractivity (Wildman–Crippen MR) is 92.8 cm³/mol. The molecule has 2 aliphatic heterocycles. The second kappa shape index (κ2) is 8.57. The minimum Gasteiger partial charge on any atom is -0.461 e. The fourth-order valence-electron chi connectivity index (χ4n) is 3.69. The summed E-state index contributed by atoms with van der Waals surface area (Å²) in [6, 6.07) is 0.524. The Bertz CT molecular complexity index is 607. The number of aromatic nitrogens is 2. The van der Waals surface area contributed by atoms with Crippen LogP contribution in [0.5, 0.6) is 0 Å². The summed E-state index contributed by atoms with van der Waals surface area (Å²) in [6.07, 6.45) is 5.35. The number of fused-ring (bicyclic) bond motifs is 1. The second-order valence-electron chi connectivity index (χ2n) is 6.40. The lowest BCUT2D eigenvalue weighted by molar-refractivity contribution is 0.0261. The van der Waals surface area contributed by atoms with Gasteiger partial charge in [0.05, 0.1) is 13.2 Å². The van der Waals surface area contributed by atoms with E-state index in [4.69, 9.17) is 9.47 Å². The van der Waals surface area contributed by atoms with Crippen molar-refractivity contribution in [3.05, 3.63) is 5.69 Å². The molecule has 0 radical (unpaired) electrons. The van der Waals surface area contributed by atoms with Gasteiger partial charge in [0.1, 0.15) is 0 Å². The Morgan fingerprint density at radius 1 is 1.24 bits per heavy atom. The maximum Gasteiger partial charge on any atom is 0.412 e. The van der Waals surface area contributed by atoms with Crippen molar-refractivity contribution in [3.63, 3.8) is 0 Å². The van der Waals surface area contributed by atoms with Crippen LogP contribution < -0.4 is 5.32 Å². The van der Waals surface area contributed by atoms with Crippen molar-refractivity contribution < 1.29 is 19.1 Å². The Hall–Kier alpha value is -1.74. The molecule has 0 spiro atoms. The van der Waals surface area contributed by atoms with Crippen LogP contribution in [0.4, 0.5) is 9.80 Å². The molecule has 3 heterocycles. The maximum atomic E-state index is 12.1. The number of carbonyl (C=O) groups excluding carboxylic acids is 2. The van der Waals surface area contributed by atoms with E-state index in [0.717, 1.165) is 37.5 Å². The van der Waals surface area contributed by atoms with Gasteiger partial charge in [0.25, 0.3) is 0 Å². The van der Waals surface area contributed by atoms with E-state index in [0.29, 0.717) is 18.6 Å². The molecule has 2 atom stereocenters. The van der Waals surface area contributed by atoms with Crippen molar-refractivity contribution in [2.24, 2.45) is 5.92 Å². The van der Waals surface area contributed by atoms with Gasteiger partial charge < -0.3 is 9.47 Å². The number of nitrogens with one attached hydrogen (secondary N) is 1. The lowest BCUT2D eigenvalue weighted by Gasteiger charge is -2.44. The molecular weight excluding hydrogens is 344 g/mol. The Morgan fingerprint density at radius 2 is 2.08 bits per heavy atom. The van der Waals surface area contributed by atoms with E-state index in [2.05, 4.69) is 19.8 Å². The van der Waals surface area contributed by atoms with Crippen LogP contribution in [0.15, 0.2) is 0 Å². The number of amides is 1. The molecule has 0 bridgehead atoms. The van der Waals surface area contributed by atoms with Gasteiger partial charge in [0, 0.05) is 23.5 Å². The summed E-state index contributed by atoms with van der Waals surface area (Å²) in [7, 11) is 0. The van der Waals surface area contributed by atoms with Crippen molar-refractivity contribution >= 4 is 28.6 Å². The normalized spacial score (nSPS) is 23.6. The summed E-state index contributed by atoms with van der Waals surface area (Å²) < 4.78 is 14.0. The van der Waals surface area contributed by atoms with Gasteiger partial charge in [0.15, 0.2) is 5.00 Å². The van der Waals surface area contributed by atoms with Crippen molar-refractivity contribution in [1.82, 2.24) is 14.5 Å². The standard InChI is InChI=1S/C16H24N4O4S/c1-2-23-15(21)13-14(25-19-18-13)17-16(22)24-10-11-6-5-9-20-8-4-3-7-12(11)20/h11-12H,2-10H2,1H3,(H,17,22)/t11-,12+/m1/s1. The first kappa shape index (κ1) is 18.1. The molecule has 0 aromatic carbocycles. The number of anilines is 1. The van der Waals surface area contributed by atoms with Crippen LogP contribution in [-0.2, 0) is 9.47 Å². The topological polar surface area (TPSA) is 93.7 Å². The first-order chi connectivity index (χ1) is 12.2. The summed E-state index contributed by atoms with van der Waals surface area (Å²) in [5.41, 5.74) is 0.0138. The minimum absolute atomic E-state index is 0.0138. The third-order valence-electron chi connectivity index (χ3n) is 4.83. The Morgan fingerprint density at radius 3 is 2.92 bits per heavy atom. The Kier molecular flexibility index (Phi) is 6.19. The summed E-state index contributed by atoms with van der Waals surface area (Å²) in [4.78, 5) is 26.4. The number of hydrogen-bond donors (Lipinski definition) is 1. The van der Waals surface area contributed by atoms with Gasteiger partial charge in [-0.15, -0.1) is 5.10 Å². The fraction of sp³-hybridized carbons (Fsp3) is 0.750. The van der Waals surface area contributed by atoms with Crippen LogP contribution in [0.2, 0.25) is 0 Å². The van der Waals surface area contributed by atoms with Gasteiger partial charge in [-0.1, -0.05) is 10.9 Å². The highest BCUT2D eigenvalue weighted by Crippen LogP contribution is 2.31. The van der Waals surface area contributed by atoms with Crippen LogP contribution in [-0.4, -0.2) is 58.9 Å². The highest BCUT2D eigenvalue weighted by Gasteiger charge is 2.33. The number of piperidine rings is 2. The van der Waals surface area contributed by atoms with E-state index in [1.54, 1.807) is 6.92 Å². The molecule has 138 valence electrons. The average molecular weight is 368 g/mol. The third-order valence-corrected chi connectivity index (χ3v) is 5.47. The van der Waals surface area contributed by atoms with Gasteiger partial charge in [0.2, 0.25) is 5.69 Å². The molecule has 3 rings (SSSR count). The summed E-state index contributed by atoms with van der Waals surface area (Å²) in [5.74, 6) is -0.222. The molecule has 2 saturated heterocycles. The Labute approximate surface area is 151 Å². The number of esters is 1. The first-order valence-corrected chi connectivity index (χ1v) is 9.63.